The largest absolute Gasteiger partial charge is 0.348 e. The van der Waals surface area contributed by atoms with Crippen molar-refractivity contribution in [3.63, 3.8) is 0 Å². The van der Waals surface area contributed by atoms with E-state index in [4.69, 9.17) is 12.2 Å². The second-order valence-corrected chi connectivity index (χ2v) is 5.73. The fraction of sp³-hybridized carbons (Fsp3) is 0.500. The number of likely N-dealkylation sites (tertiary alicyclic amines) is 1. The third kappa shape index (κ3) is 3.78. The predicted octanol–water partition coefficient (Wildman–Crippen LogP) is 2.69. The van der Waals surface area contributed by atoms with E-state index in [2.05, 4.69) is 22.4 Å². The molecule has 1 aromatic heterocycles. The van der Waals surface area contributed by atoms with Crippen LogP contribution in [0.4, 0.5) is 0 Å². The average Bonchev–Trinajstić information content (AvgIpc) is 2.83. The zero-order chi connectivity index (χ0) is 12.1. The van der Waals surface area contributed by atoms with Crippen molar-refractivity contribution in [3.8, 4) is 0 Å². The van der Waals surface area contributed by atoms with Crippen molar-refractivity contribution in [1.82, 2.24) is 10.3 Å². The Labute approximate surface area is 112 Å². The van der Waals surface area contributed by atoms with Gasteiger partial charge < -0.3 is 4.90 Å². The van der Waals surface area contributed by atoms with Crippen molar-refractivity contribution in [1.29, 1.82) is 0 Å². The minimum atomic E-state index is 0.740. The second kappa shape index (κ2) is 6.12. The van der Waals surface area contributed by atoms with E-state index in [0.717, 1.165) is 29.0 Å². The van der Waals surface area contributed by atoms with Gasteiger partial charge in [-0.05, 0) is 42.4 Å². The van der Waals surface area contributed by atoms with Gasteiger partial charge in [-0.25, -0.2) is 0 Å². The molecule has 0 atom stereocenters. The van der Waals surface area contributed by atoms with Crippen LogP contribution >= 0.6 is 23.6 Å². The molecule has 0 amide bonds. The Kier molecular flexibility index (Phi) is 4.50. The number of rotatable bonds is 2. The first-order chi connectivity index (χ1) is 8.25. The maximum atomic E-state index is 5.31. The number of piperidine rings is 1. The second-order valence-electron chi connectivity index (χ2n) is 4.36. The zero-order valence-corrected chi connectivity index (χ0v) is 11.6. The Morgan fingerprint density at radius 2 is 2.35 bits per heavy atom. The summed E-state index contributed by atoms with van der Waals surface area (Å²) >= 11 is 6.98. The van der Waals surface area contributed by atoms with Crippen LogP contribution in [0.15, 0.2) is 22.6 Å². The highest BCUT2D eigenvalue weighted by Crippen LogP contribution is 2.15. The fourth-order valence-electron chi connectivity index (χ4n) is 1.80. The first kappa shape index (κ1) is 12.5. The van der Waals surface area contributed by atoms with Gasteiger partial charge in [0.05, 0.1) is 6.21 Å². The molecule has 2 rings (SSSR count). The molecule has 1 aromatic rings. The molecule has 1 saturated heterocycles. The third-order valence-electron chi connectivity index (χ3n) is 2.97. The normalized spacial score (nSPS) is 17.6. The van der Waals surface area contributed by atoms with E-state index in [1.165, 1.54) is 12.8 Å². The molecule has 2 heterocycles. The molecule has 1 aliphatic heterocycles. The molecule has 0 bridgehead atoms. The first-order valence-electron chi connectivity index (χ1n) is 5.87. The zero-order valence-electron chi connectivity index (χ0n) is 9.93. The van der Waals surface area contributed by atoms with E-state index >= 15 is 0 Å². The van der Waals surface area contributed by atoms with Crippen LogP contribution in [0.5, 0.6) is 0 Å². The summed E-state index contributed by atoms with van der Waals surface area (Å²) < 4.78 is 0. The van der Waals surface area contributed by atoms with Gasteiger partial charge in [0.1, 0.15) is 0 Å². The van der Waals surface area contributed by atoms with Crippen molar-refractivity contribution in [2.45, 2.75) is 19.8 Å². The summed E-state index contributed by atoms with van der Waals surface area (Å²) in [5.41, 5.74) is 2.94. The quantitative estimate of drug-likeness (QED) is 0.507. The molecule has 1 aliphatic rings. The molecule has 3 nitrogen and oxygen atoms in total. The van der Waals surface area contributed by atoms with Crippen LogP contribution in [0.3, 0.4) is 0 Å². The van der Waals surface area contributed by atoms with Gasteiger partial charge in [0.25, 0.3) is 0 Å². The lowest BCUT2D eigenvalue weighted by atomic mass is 10.00. The number of nitrogens with one attached hydrogen (secondary N) is 1. The maximum Gasteiger partial charge on any atom is 0.189 e. The Morgan fingerprint density at radius 3 is 3.00 bits per heavy atom. The van der Waals surface area contributed by atoms with E-state index in [1.807, 2.05) is 23.7 Å². The monoisotopic (exact) mass is 267 g/mol. The van der Waals surface area contributed by atoms with Gasteiger partial charge in [-0.3, -0.25) is 5.43 Å². The third-order valence-corrected chi connectivity index (χ3v) is 4.12. The van der Waals surface area contributed by atoms with Crippen molar-refractivity contribution < 1.29 is 0 Å². The van der Waals surface area contributed by atoms with Crippen LogP contribution in [0.25, 0.3) is 0 Å². The number of hydrazone groups is 1. The highest BCUT2D eigenvalue weighted by atomic mass is 32.1. The van der Waals surface area contributed by atoms with Gasteiger partial charge >= 0.3 is 0 Å². The van der Waals surface area contributed by atoms with Gasteiger partial charge in [-0.1, -0.05) is 13.0 Å². The summed E-state index contributed by atoms with van der Waals surface area (Å²) in [6.45, 7) is 4.38. The molecule has 1 fully saturated rings. The molecule has 5 heteroatoms. The lowest BCUT2D eigenvalue weighted by Crippen LogP contribution is -2.42. The first-order valence-corrected chi connectivity index (χ1v) is 7.16. The van der Waals surface area contributed by atoms with E-state index in [1.54, 1.807) is 11.3 Å². The van der Waals surface area contributed by atoms with E-state index in [-0.39, 0.29) is 0 Å². The minimum absolute atomic E-state index is 0.740. The fourth-order valence-corrected chi connectivity index (χ4v) is 2.62. The summed E-state index contributed by atoms with van der Waals surface area (Å²) in [6, 6.07) is 4.04. The van der Waals surface area contributed by atoms with Crippen LogP contribution in [-0.4, -0.2) is 29.3 Å². The summed E-state index contributed by atoms with van der Waals surface area (Å²) in [7, 11) is 0. The van der Waals surface area contributed by atoms with Gasteiger partial charge in [-0.15, -0.1) is 11.3 Å². The van der Waals surface area contributed by atoms with Gasteiger partial charge in [0, 0.05) is 18.0 Å². The summed E-state index contributed by atoms with van der Waals surface area (Å²) in [4.78, 5) is 3.33. The van der Waals surface area contributed by atoms with Crippen LogP contribution < -0.4 is 5.43 Å². The minimum Gasteiger partial charge on any atom is -0.348 e. The van der Waals surface area contributed by atoms with Crippen LogP contribution in [-0.2, 0) is 0 Å². The molecule has 92 valence electrons. The summed E-state index contributed by atoms with van der Waals surface area (Å²) in [6.07, 6.45) is 4.25. The molecule has 0 spiro atoms. The molecular weight excluding hydrogens is 250 g/mol. The van der Waals surface area contributed by atoms with Crippen LogP contribution in [0, 0.1) is 5.92 Å². The van der Waals surface area contributed by atoms with Crippen LogP contribution in [0.1, 0.15) is 24.6 Å². The van der Waals surface area contributed by atoms with E-state index < -0.39 is 0 Å². The number of nitrogens with zero attached hydrogens (tertiary/aromatic N) is 2. The topological polar surface area (TPSA) is 27.6 Å². The molecule has 0 aliphatic carbocycles. The SMILES string of the molecule is CC1CCN(C(=S)N/N=C\c2cccs2)CC1. The van der Waals surface area contributed by atoms with Crippen molar-refractivity contribution >= 4 is 34.9 Å². The van der Waals surface area contributed by atoms with Crippen molar-refractivity contribution in [3.05, 3.63) is 22.4 Å². The molecule has 17 heavy (non-hydrogen) atoms. The number of thiocarbonyl (C=S) groups is 1. The number of hydrogen-bond donors (Lipinski definition) is 1. The standard InChI is InChI=1S/C12H17N3S2/c1-10-4-6-15(7-5-10)12(16)14-13-9-11-3-2-8-17-11/h2-3,8-10H,4-7H2,1H3,(H,14,16)/b13-9-. The lowest BCUT2D eigenvalue weighted by Gasteiger charge is -2.31. The smallest absolute Gasteiger partial charge is 0.189 e. The van der Waals surface area contributed by atoms with Crippen LogP contribution in [0.2, 0.25) is 0 Å². The molecule has 1 N–H and O–H groups in total. The molecule has 0 aromatic carbocycles. The highest BCUT2D eigenvalue weighted by molar-refractivity contribution is 7.80. The Morgan fingerprint density at radius 1 is 1.59 bits per heavy atom. The number of thiophene rings is 1. The molecular formula is C12H17N3S2. The van der Waals surface area contributed by atoms with Gasteiger partial charge in [0.2, 0.25) is 0 Å². The Bertz CT molecular complexity index is 378. The molecule has 0 radical (unpaired) electrons. The summed E-state index contributed by atoms with van der Waals surface area (Å²) in [5, 5.41) is 6.93. The molecule has 0 saturated carbocycles. The number of hydrogen-bond acceptors (Lipinski definition) is 3. The van der Waals surface area contributed by atoms with Crippen molar-refractivity contribution in [2.75, 3.05) is 13.1 Å². The maximum absolute atomic E-state index is 5.31. The lowest BCUT2D eigenvalue weighted by molar-refractivity contribution is 0.278. The Balaban J connectivity index is 1.77. The average molecular weight is 267 g/mol. The Hall–Kier alpha value is -0.940. The van der Waals surface area contributed by atoms with Gasteiger partial charge in [-0.2, -0.15) is 5.10 Å². The predicted molar refractivity (Wildman–Crippen MR) is 77.6 cm³/mol. The highest BCUT2D eigenvalue weighted by Gasteiger charge is 2.17. The van der Waals surface area contributed by atoms with E-state index in [9.17, 15) is 0 Å². The molecule has 0 unspecified atom stereocenters. The van der Waals surface area contributed by atoms with Crippen molar-refractivity contribution in [2.24, 2.45) is 11.0 Å². The van der Waals surface area contributed by atoms with E-state index in [0.29, 0.717) is 0 Å². The summed E-state index contributed by atoms with van der Waals surface area (Å²) in [5.74, 6) is 0.823. The van der Waals surface area contributed by atoms with Gasteiger partial charge in [0.15, 0.2) is 5.11 Å².